The Morgan fingerprint density at radius 1 is 1.47 bits per heavy atom. The van der Waals surface area contributed by atoms with Gasteiger partial charge in [-0.15, -0.1) is 11.8 Å². The van der Waals surface area contributed by atoms with Gasteiger partial charge in [-0.2, -0.15) is 0 Å². The number of nitrogens with two attached hydrogens (primary N) is 1. The second-order valence-electron chi connectivity index (χ2n) is 3.33. The summed E-state index contributed by atoms with van der Waals surface area (Å²) >= 11 is 4.73. The zero-order valence-electron chi connectivity index (χ0n) is 9.23. The van der Waals surface area contributed by atoms with E-state index in [0.717, 1.165) is 14.9 Å². The quantitative estimate of drug-likeness (QED) is 0.665. The third-order valence-corrected chi connectivity index (χ3v) is 3.50. The maximum absolute atomic E-state index is 11.2. The average molecular weight is 318 g/mol. The predicted octanol–water partition coefficient (Wildman–Crippen LogP) is 1.88. The molecule has 2 N–H and O–H groups in total. The molecule has 6 heteroatoms. The van der Waals surface area contributed by atoms with Gasteiger partial charge >= 0.3 is 5.97 Å². The Labute approximate surface area is 112 Å². The van der Waals surface area contributed by atoms with Crippen LogP contribution in [-0.2, 0) is 14.3 Å². The van der Waals surface area contributed by atoms with E-state index in [2.05, 4.69) is 20.7 Å². The molecule has 4 nitrogen and oxygen atoms in total. The van der Waals surface area contributed by atoms with Crippen molar-refractivity contribution in [1.29, 1.82) is 0 Å². The van der Waals surface area contributed by atoms with E-state index >= 15 is 0 Å². The second-order valence-corrected chi connectivity index (χ2v) is 5.26. The van der Waals surface area contributed by atoms with Crippen molar-refractivity contribution in [2.45, 2.75) is 11.8 Å². The molecule has 1 aromatic rings. The number of rotatable bonds is 5. The molecule has 0 aliphatic heterocycles. The molecule has 92 valence electrons. The first-order valence-electron chi connectivity index (χ1n) is 4.82. The molecule has 0 atom stereocenters. The fourth-order valence-electron chi connectivity index (χ4n) is 1.10. The summed E-state index contributed by atoms with van der Waals surface area (Å²) in [5, 5.41) is 0. The largest absolute Gasteiger partial charge is 0.455 e. The Hall–Kier alpha value is -1.01. The number of amides is 1. The molecule has 1 rings (SSSR count). The van der Waals surface area contributed by atoms with E-state index in [1.807, 2.05) is 25.1 Å². The lowest BCUT2D eigenvalue weighted by Gasteiger charge is -2.05. The number of thioether (sulfide) groups is 1. The summed E-state index contributed by atoms with van der Waals surface area (Å²) in [6, 6.07) is 5.80. The number of hydrogen-bond acceptors (Lipinski definition) is 4. The number of halogens is 1. The molecule has 0 heterocycles. The lowest BCUT2D eigenvalue weighted by molar-refractivity contribution is -0.145. The Morgan fingerprint density at radius 3 is 2.76 bits per heavy atom. The molecule has 0 radical (unpaired) electrons. The van der Waals surface area contributed by atoms with Crippen molar-refractivity contribution < 1.29 is 14.3 Å². The zero-order valence-corrected chi connectivity index (χ0v) is 11.6. The highest BCUT2D eigenvalue weighted by Gasteiger charge is 2.07. The summed E-state index contributed by atoms with van der Waals surface area (Å²) in [4.78, 5) is 22.6. The molecule has 0 spiro atoms. The van der Waals surface area contributed by atoms with Crippen LogP contribution in [0.25, 0.3) is 0 Å². The summed E-state index contributed by atoms with van der Waals surface area (Å²) in [6.45, 7) is 1.60. The van der Waals surface area contributed by atoms with Crippen LogP contribution in [0.4, 0.5) is 0 Å². The van der Waals surface area contributed by atoms with Gasteiger partial charge in [0.15, 0.2) is 6.61 Å². The number of benzene rings is 1. The average Bonchev–Trinajstić information content (AvgIpc) is 2.25. The molecule has 1 amide bonds. The maximum atomic E-state index is 11.2. The number of ether oxygens (including phenoxy) is 1. The second kappa shape index (κ2) is 6.66. The minimum Gasteiger partial charge on any atom is -0.455 e. The third kappa shape index (κ3) is 5.23. The number of primary amides is 1. The van der Waals surface area contributed by atoms with E-state index < -0.39 is 11.9 Å². The van der Waals surface area contributed by atoms with Crippen molar-refractivity contribution in [2.75, 3.05) is 12.4 Å². The summed E-state index contributed by atoms with van der Waals surface area (Å²) in [7, 11) is 0. The molecule has 0 aromatic heterocycles. The molecule has 17 heavy (non-hydrogen) atoms. The highest BCUT2D eigenvalue weighted by Crippen LogP contribution is 2.25. The van der Waals surface area contributed by atoms with Gasteiger partial charge < -0.3 is 10.5 Å². The Kier molecular flexibility index (Phi) is 5.50. The molecule has 0 bridgehead atoms. The van der Waals surface area contributed by atoms with E-state index in [9.17, 15) is 9.59 Å². The predicted molar refractivity (Wildman–Crippen MR) is 69.8 cm³/mol. The van der Waals surface area contributed by atoms with Gasteiger partial charge in [0.05, 0.1) is 5.75 Å². The van der Waals surface area contributed by atoms with Crippen molar-refractivity contribution >= 4 is 39.6 Å². The zero-order chi connectivity index (χ0) is 12.8. The van der Waals surface area contributed by atoms with Crippen LogP contribution in [0.2, 0.25) is 0 Å². The van der Waals surface area contributed by atoms with E-state index in [-0.39, 0.29) is 12.4 Å². The van der Waals surface area contributed by atoms with Crippen molar-refractivity contribution in [2.24, 2.45) is 5.73 Å². The van der Waals surface area contributed by atoms with Gasteiger partial charge in [0.2, 0.25) is 0 Å². The Balaban J connectivity index is 2.44. The molecular formula is C11H12BrNO3S. The van der Waals surface area contributed by atoms with Gasteiger partial charge in [-0.1, -0.05) is 15.9 Å². The monoisotopic (exact) mass is 317 g/mol. The van der Waals surface area contributed by atoms with Crippen LogP contribution in [0.1, 0.15) is 5.56 Å². The Morgan fingerprint density at radius 2 is 2.18 bits per heavy atom. The van der Waals surface area contributed by atoms with E-state index in [0.29, 0.717) is 0 Å². The number of carbonyl (C=O) groups is 2. The standard InChI is InChI=1S/C11H12BrNO3S/c1-7-4-8(12)2-3-9(7)17-6-11(15)16-5-10(13)14/h2-4H,5-6H2,1H3,(H2,13,14). The SMILES string of the molecule is Cc1cc(Br)ccc1SCC(=O)OCC(N)=O. The van der Waals surface area contributed by atoms with Crippen LogP contribution in [0.5, 0.6) is 0 Å². The summed E-state index contributed by atoms with van der Waals surface area (Å²) < 4.78 is 5.64. The van der Waals surface area contributed by atoms with Crippen LogP contribution in [0.15, 0.2) is 27.6 Å². The highest BCUT2D eigenvalue weighted by atomic mass is 79.9. The summed E-state index contributed by atoms with van der Waals surface area (Å²) in [6.07, 6.45) is 0. The van der Waals surface area contributed by atoms with Crippen LogP contribution >= 0.6 is 27.7 Å². The number of aryl methyl sites for hydroxylation is 1. The molecule has 0 aliphatic carbocycles. The van der Waals surface area contributed by atoms with E-state index in [1.54, 1.807) is 0 Å². The van der Waals surface area contributed by atoms with Gasteiger partial charge in [-0.25, -0.2) is 0 Å². The number of esters is 1. The first kappa shape index (κ1) is 14.1. The Bertz CT molecular complexity index is 437. The van der Waals surface area contributed by atoms with Gasteiger partial charge in [0.25, 0.3) is 5.91 Å². The fourth-order valence-corrected chi connectivity index (χ4v) is 2.39. The van der Waals surface area contributed by atoms with Gasteiger partial charge in [-0.3, -0.25) is 9.59 Å². The lowest BCUT2D eigenvalue weighted by atomic mass is 10.2. The summed E-state index contributed by atoms with van der Waals surface area (Å²) in [5.41, 5.74) is 5.94. The van der Waals surface area contributed by atoms with Gasteiger partial charge in [0, 0.05) is 9.37 Å². The van der Waals surface area contributed by atoms with Crippen LogP contribution < -0.4 is 5.73 Å². The topological polar surface area (TPSA) is 69.4 Å². The molecule has 1 aromatic carbocycles. The normalized spacial score (nSPS) is 10.0. The van der Waals surface area contributed by atoms with E-state index in [1.165, 1.54) is 11.8 Å². The van der Waals surface area contributed by atoms with Gasteiger partial charge in [0.1, 0.15) is 0 Å². The smallest absolute Gasteiger partial charge is 0.316 e. The first-order chi connectivity index (χ1) is 7.99. The fraction of sp³-hybridized carbons (Fsp3) is 0.273. The molecule has 0 saturated heterocycles. The summed E-state index contributed by atoms with van der Waals surface area (Å²) in [5.74, 6) is -0.935. The highest BCUT2D eigenvalue weighted by molar-refractivity contribution is 9.10. The van der Waals surface area contributed by atoms with Crippen LogP contribution in [0, 0.1) is 6.92 Å². The molecule has 0 fully saturated rings. The van der Waals surface area contributed by atoms with E-state index in [4.69, 9.17) is 5.73 Å². The maximum Gasteiger partial charge on any atom is 0.316 e. The molecular weight excluding hydrogens is 306 g/mol. The van der Waals surface area contributed by atoms with Crippen molar-refractivity contribution in [1.82, 2.24) is 0 Å². The van der Waals surface area contributed by atoms with Crippen molar-refractivity contribution in [3.63, 3.8) is 0 Å². The number of hydrogen-bond donors (Lipinski definition) is 1. The van der Waals surface area contributed by atoms with Crippen molar-refractivity contribution in [3.05, 3.63) is 28.2 Å². The van der Waals surface area contributed by atoms with Gasteiger partial charge in [-0.05, 0) is 30.7 Å². The van der Waals surface area contributed by atoms with Crippen molar-refractivity contribution in [3.8, 4) is 0 Å². The van der Waals surface area contributed by atoms with Crippen LogP contribution in [0.3, 0.4) is 0 Å². The molecule has 0 aliphatic rings. The lowest BCUT2D eigenvalue weighted by Crippen LogP contribution is -2.21. The number of carbonyl (C=O) groups excluding carboxylic acids is 2. The molecule has 0 saturated carbocycles. The minimum atomic E-state index is -0.650. The third-order valence-electron chi connectivity index (χ3n) is 1.86. The minimum absolute atomic E-state index is 0.162. The van der Waals surface area contributed by atoms with Crippen LogP contribution in [-0.4, -0.2) is 24.2 Å². The first-order valence-corrected chi connectivity index (χ1v) is 6.60. The molecule has 0 unspecified atom stereocenters.